The summed E-state index contributed by atoms with van der Waals surface area (Å²) < 4.78 is 11.8. The van der Waals surface area contributed by atoms with Crippen LogP contribution in [0, 0.1) is 17.8 Å². The van der Waals surface area contributed by atoms with Crippen LogP contribution in [0.2, 0.25) is 0 Å². The van der Waals surface area contributed by atoms with Crippen LogP contribution in [0.3, 0.4) is 0 Å². The van der Waals surface area contributed by atoms with Crippen LogP contribution in [0.15, 0.2) is 0 Å². The molecule has 3 N–H and O–H groups in total. The van der Waals surface area contributed by atoms with Gasteiger partial charge in [0.15, 0.2) is 0 Å². The average molecular weight is 531 g/mol. The van der Waals surface area contributed by atoms with Gasteiger partial charge >= 0.3 is 0 Å². The number of hydrogen-bond donors (Lipinski definition) is 3. The minimum Gasteiger partial charge on any atom is -0.394 e. The highest BCUT2D eigenvalue weighted by molar-refractivity contribution is 9.09. The Hall–Kier alpha value is -1.27. The molecule has 11 heteroatoms. The van der Waals surface area contributed by atoms with Crippen molar-refractivity contribution in [3.8, 4) is 0 Å². The fraction of sp³-hybridized carbons (Fsp3) is 0.864. The minimum absolute atomic E-state index is 0.0757. The highest BCUT2D eigenvalue weighted by Gasteiger charge is 2.77. The Morgan fingerprint density at radius 3 is 2.58 bits per heavy atom. The predicted octanol–water partition coefficient (Wildman–Crippen LogP) is -1.05. The van der Waals surface area contributed by atoms with E-state index in [0.29, 0.717) is 32.7 Å². The summed E-state index contributed by atoms with van der Waals surface area (Å²) >= 11 is 3.63. The lowest BCUT2D eigenvalue weighted by molar-refractivity contribution is -0.146. The predicted molar refractivity (Wildman–Crippen MR) is 123 cm³/mol. The first-order valence-corrected chi connectivity index (χ1v) is 12.7. The van der Waals surface area contributed by atoms with E-state index in [9.17, 15) is 19.5 Å². The smallest absolute Gasteiger partial charge is 0.245 e. The summed E-state index contributed by atoms with van der Waals surface area (Å²) in [5.74, 6) is -2.35. The van der Waals surface area contributed by atoms with Crippen LogP contribution in [0.4, 0.5) is 0 Å². The number of nitrogens with zero attached hydrogens (tertiary/aromatic N) is 2. The van der Waals surface area contributed by atoms with Crippen molar-refractivity contribution in [2.24, 2.45) is 17.8 Å². The number of ether oxygens (including phenoxy) is 2. The zero-order valence-electron chi connectivity index (χ0n) is 19.5. The highest BCUT2D eigenvalue weighted by Crippen LogP contribution is 2.60. The molecule has 0 aliphatic carbocycles. The molecule has 4 rings (SSSR count). The number of likely N-dealkylation sites (tertiary alicyclic amines) is 1. The normalized spacial score (nSPS) is 36.8. The Morgan fingerprint density at radius 1 is 1.27 bits per heavy atom. The Labute approximate surface area is 202 Å². The second-order valence-electron chi connectivity index (χ2n) is 9.76. The fourth-order valence-electron chi connectivity index (χ4n) is 6.07. The molecule has 4 fully saturated rings. The number of aliphatic hydroxyl groups excluding tert-OH is 1. The van der Waals surface area contributed by atoms with Gasteiger partial charge in [0.1, 0.15) is 11.6 Å². The first kappa shape index (κ1) is 24.8. The summed E-state index contributed by atoms with van der Waals surface area (Å²) in [4.78, 5) is 43.8. The van der Waals surface area contributed by atoms with Crippen molar-refractivity contribution in [2.75, 3.05) is 53.0 Å². The third-order valence-corrected chi connectivity index (χ3v) is 8.51. The van der Waals surface area contributed by atoms with E-state index in [0.717, 1.165) is 13.1 Å². The molecule has 2 bridgehead atoms. The Kier molecular flexibility index (Phi) is 7.35. The van der Waals surface area contributed by atoms with E-state index in [1.807, 2.05) is 13.8 Å². The number of morpholine rings is 1. The van der Waals surface area contributed by atoms with Gasteiger partial charge in [0.25, 0.3) is 0 Å². The third-order valence-electron chi connectivity index (χ3n) is 7.67. The quantitative estimate of drug-likeness (QED) is 0.342. The first-order chi connectivity index (χ1) is 15.8. The largest absolute Gasteiger partial charge is 0.394 e. The lowest BCUT2D eigenvalue weighted by Gasteiger charge is -2.38. The maximum absolute atomic E-state index is 13.8. The number of rotatable bonds is 8. The molecule has 0 saturated carbocycles. The van der Waals surface area contributed by atoms with Gasteiger partial charge in [-0.05, 0) is 12.3 Å². The monoisotopic (exact) mass is 530 g/mol. The van der Waals surface area contributed by atoms with E-state index in [1.165, 1.54) is 4.90 Å². The van der Waals surface area contributed by atoms with Gasteiger partial charge in [0.2, 0.25) is 17.7 Å². The Morgan fingerprint density at radius 2 is 1.97 bits per heavy atom. The lowest BCUT2D eigenvalue weighted by atomic mass is 9.70. The molecule has 1 spiro atoms. The molecule has 4 saturated heterocycles. The number of hydrogen-bond acceptors (Lipinski definition) is 7. The highest BCUT2D eigenvalue weighted by atomic mass is 79.9. The van der Waals surface area contributed by atoms with E-state index in [2.05, 4.69) is 31.5 Å². The van der Waals surface area contributed by atoms with Gasteiger partial charge in [0, 0.05) is 38.1 Å². The number of nitrogens with one attached hydrogen (secondary N) is 2. The SMILES string of the molecule is CNC(=O)[C@H]1[C@H]2C(=O)N([C@@H](CO)C(C)C)C(C(=O)NCCN3CCOCC3)C23CC(Br)[C@@H]1O3. The molecule has 3 unspecified atom stereocenters. The van der Waals surface area contributed by atoms with Gasteiger partial charge in [-0.3, -0.25) is 19.3 Å². The first-order valence-electron chi connectivity index (χ1n) is 11.8. The van der Waals surface area contributed by atoms with Gasteiger partial charge in [-0.2, -0.15) is 0 Å². The molecule has 0 aromatic heterocycles. The molecule has 0 radical (unpaired) electrons. The van der Waals surface area contributed by atoms with Gasteiger partial charge in [0.05, 0.1) is 43.8 Å². The molecule has 10 nitrogen and oxygen atoms in total. The number of carbonyl (C=O) groups is 3. The van der Waals surface area contributed by atoms with Crippen molar-refractivity contribution in [3.63, 3.8) is 0 Å². The zero-order chi connectivity index (χ0) is 23.9. The topological polar surface area (TPSA) is 120 Å². The molecule has 33 heavy (non-hydrogen) atoms. The number of fused-ring (bicyclic) bond motifs is 1. The summed E-state index contributed by atoms with van der Waals surface area (Å²) in [6.07, 6.45) is -0.0214. The summed E-state index contributed by atoms with van der Waals surface area (Å²) in [7, 11) is 1.54. The summed E-state index contributed by atoms with van der Waals surface area (Å²) in [5.41, 5.74) is -1.10. The van der Waals surface area contributed by atoms with Crippen LogP contribution < -0.4 is 10.6 Å². The standard InChI is InChI=1S/C22H35BrN4O6/c1-12(2)14(11-28)27-18(20(30)25-4-5-26-6-8-32-9-7-26)22-10-13(23)17(33-22)15(19(29)24-3)16(22)21(27)31/h12-18,28H,4-11H2,1-3H3,(H,24,29)(H,25,30)/t13?,14-,15-,16-,17-,18?,22?/m0/s1. The number of alkyl halides is 1. The van der Waals surface area contributed by atoms with E-state index in [-0.39, 0.29) is 35.1 Å². The van der Waals surface area contributed by atoms with Crippen molar-refractivity contribution in [3.05, 3.63) is 0 Å². The second kappa shape index (κ2) is 9.77. The lowest BCUT2D eigenvalue weighted by Crippen LogP contribution is -2.59. The molecule has 3 amide bonds. The summed E-state index contributed by atoms with van der Waals surface area (Å²) in [5, 5.41) is 15.8. The molecule has 186 valence electrons. The van der Waals surface area contributed by atoms with Crippen molar-refractivity contribution in [2.45, 2.75) is 48.9 Å². The van der Waals surface area contributed by atoms with Crippen molar-refractivity contribution >= 4 is 33.7 Å². The molecule has 7 atom stereocenters. The van der Waals surface area contributed by atoms with Gasteiger partial charge in [-0.25, -0.2) is 0 Å². The zero-order valence-corrected chi connectivity index (χ0v) is 21.0. The van der Waals surface area contributed by atoms with Crippen LogP contribution in [0.25, 0.3) is 0 Å². The Bertz CT molecular complexity index is 778. The van der Waals surface area contributed by atoms with Gasteiger partial charge in [-0.15, -0.1) is 0 Å². The number of amides is 3. The minimum atomic E-state index is -1.10. The van der Waals surface area contributed by atoms with E-state index < -0.39 is 35.6 Å². The van der Waals surface area contributed by atoms with E-state index in [4.69, 9.17) is 9.47 Å². The molecule has 4 heterocycles. The number of halogens is 1. The van der Waals surface area contributed by atoms with Crippen molar-refractivity contribution < 1.29 is 29.0 Å². The van der Waals surface area contributed by atoms with Crippen molar-refractivity contribution in [1.29, 1.82) is 0 Å². The molecular weight excluding hydrogens is 496 g/mol. The summed E-state index contributed by atoms with van der Waals surface area (Å²) in [6, 6.07) is -1.45. The van der Waals surface area contributed by atoms with E-state index >= 15 is 0 Å². The van der Waals surface area contributed by atoms with Crippen LogP contribution >= 0.6 is 15.9 Å². The number of carbonyl (C=O) groups excluding carboxylic acids is 3. The maximum Gasteiger partial charge on any atom is 0.245 e. The molecule has 4 aliphatic heterocycles. The second-order valence-corrected chi connectivity index (χ2v) is 10.9. The fourth-order valence-corrected chi connectivity index (χ4v) is 7.01. The van der Waals surface area contributed by atoms with Crippen molar-refractivity contribution in [1.82, 2.24) is 20.4 Å². The molecular formula is C22H35BrN4O6. The van der Waals surface area contributed by atoms with Gasteiger partial charge in [-0.1, -0.05) is 29.8 Å². The average Bonchev–Trinajstić information content (AvgIpc) is 3.38. The van der Waals surface area contributed by atoms with Gasteiger partial charge < -0.3 is 30.1 Å². The molecule has 0 aromatic carbocycles. The van der Waals surface area contributed by atoms with E-state index in [1.54, 1.807) is 7.05 Å². The maximum atomic E-state index is 13.8. The Balaban J connectivity index is 1.62. The summed E-state index contributed by atoms with van der Waals surface area (Å²) in [6.45, 7) is 7.67. The molecule has 4 aliphatic rings. The number of aliphatic hydroxyl groups is 1. The van der Waals surface area contributed by atoms with Crippen LogP contribution in [-0.2, 0) is 23.9 Å². The van der Waals surface area contributed by atoms with Crippen LogP contribution in [0.1, 0.15) is 20.3 Å². The van der Waals surface area contributed by atoms with Crippen LogP contribution in [-0.4, -0.2) is 114 Å². The third kappa shape index (κ3) is 4.09. The molecule has 0 aromatic rings. The van der Waals surface area contributed by atoms with Crippen LogP contribution in [0.5, 0.6) is 0 Å².